The quantitative estimate of drug-likeness (QED) is 0.860. The van der Waals surface area contributed by atoms with Crippen LogP contribution < -0.4 is 0 Å². The van der Waals surface area contributed by atoms with Crippen molar-refractivity contribution in [3.63, 3.8) is 0 Å². The minimum atomic E-state index is -0.0227. The minimum absolute atomic E-state index is 0.0227. The fraction of sp³-hybridized carbons (Fsp3) is 0.200. The van der Waals surface area contributed by atoms with Crippen LogP contribution in [0.25, 0.3) is 0 Å². The first kappa shape index (κ1) is 10.2. The second-order valence-electron chi connectivity index (χ2n) is 2.71. The molecule has 0 heterocycles. The smallest absolute Gasteiger partial charge is 0.101 e. The molecule has 1 radical (unpaired) electrons. The van der Waals surface area contributed by atoms with Gasteiger partial charge < -0.3 is 5.11 Å². The van der Waals surface area contributed by atoms with Crippen molar-refractivity contribution in [2.75, 3.05) is 6.61 Å². The molecule has 0 aliphatic heterocycles. The average molecular weight is 239 g/mol. The Kier molecular flexibility index (Phi) is 3.47. The van der Waals surface area contributed by atoms with Gasteiger partial charge in [-0.05, 0) is 27.6 Å². The molecule has 0 atom stereocenters. The first-order valence-electron chi connectivity index (χ1n) is 3.83. The largest absolute Gasteiger partial charge is 0.395 e. The third-order valence-corrected chi connectivity index (χ3v) is 2.48. The van der Waals surface area contributed by atoms with E-state index in [1.165, 1.54) is 0 Å². The summed E-state index contributed by atoms with van der Waals surface area (Å²) in [7, 11) is 0. The molecule has 0 saturated carbocycles. The fourth-order valence-electron chi connectivity index (χ4n) is 1.08. The van der Waals surface area contributed by atoms with Gasteiger partial charge in [0.2, 0.25) is 0 Å². The molecule has 0 unspecified atom stereocenters. The summed E-state index contributed by atoms with van der Waals surface area (Å²) in [5, 5.41) is 17.8. The van der Waals surface area contributed by atoms with Gasteiger partial charge in [-0.3, -0.25) is 0 Å². The predicted octanol–water partition coefficient (Wildman–Crippen LogP) is 2.26. The number of hydrogen-bond donors (Lipinski definition) is 1. The number of nitrogens with zero attached hydrogens (tertiary/aromatic N) is 1. The number of halogens is 1. The molecular formula is C10H9BrNO. The standard InChI is InChI=1S/C10H9BrNO/c1-7(6-13)8-3-2-4-10(11)9(8)5-12/h2-4,13H,6H2,1H3. The highest BCUT2D eigenvalue weighted by Crippen LogP contribution is 2.24. The molecule has 0 saturated heterocycles. The number of aliphatic hydroxyl groups excluding tert-OH is 1. The third-order valence-electron chi connectivity index (χ3n) is 1.82. The van der Waals surface area contributed by atoms with Gasteiger partial charge >= 0.3 is 0 Å². The second kappa shape index (κ2) is 4.40. The maximum Gasteiger partial charge on any atom is 0.101 e. The third kappa shape index (κ3) is 2.09. The van der Waals surface area contributed by atoms with Crippen LogP contribution >= 0.6 is 15.9 Å². The molecule has 13 heavy (non-hydrogen) atoms. The van der Waals surface area contributed by atoms with Crippen molar-refractivity contribution in [1.82, 2.24) is 0 Å². The number of rotatable bonds is 2. The van der Waals surface area contributed by atoms with Gasteiger partial charge in [0.25, 0.3) is 0 Å². The van der Waals surface area contributed by atoms with E-state index in [0.717, 1.165) is 16.0 Å². The minimum Gasteiger partial charge on any atom is -0.395 e. The molecule has 3 heteroatoms. The number of aliphatic hydroxyl groups is 1. The Hall–Kier alpha value is -0.850. The molecule has 1 aromatic rings. The van der Waals surface area contributed by atoms with Crippen LogP contribution in [0.15, 0.2) is 22.7 Å². The number of hydrogen-bond acceptors (Lipinski definition) is 2. The van der Waals surface area contributed by atoms with Crippen LogP contribution in [0.2, 0.25) is 0 Å². The maximum atomic E-state index is 8.94. The Morgan fingerprint density at radius 3 is 2.85 bits per heavy atom. The van der Waals surface area contributed by atoms with Crippen molar-refractivity contribution in [2.24, 2.45) is 0 Å². The molecule has 0 aliphatic carbocycles. The van der Waals surface area contributed by atoms with Gasteiger partial charge in [0.05, 0.1) is 12.2 Å². The topological polar surface area (TPSA) is 44.0 Å². The van der Waals surface area contributed by atoms with E-state index in [4.69, 9.17) is 10.4 Å². The molecule has 1 aromatic carbocycles. The van der Waals surface area contributed by atoms with Crippen LogP contribution in [-0.4, -0.2) is 11.7 Å². The maximum absolute atomic E-state index is 8.94. The van der Waals surface area contributed by atoms with Gasteiger partial charge in [-0.2, -0.15) is 5.26 Å². The van der Waals surface area contributed by atoms with Crippen molar-refractivity contribution in [3.05, 3.63) is 39.7 Å². The molecular weight excluding hydrogens is 230 g/mol. The molecule has 1 N–H and O–H groups in total. The van der Waals surface area contributed by atoms with Crippen LogP contribution in [0.1, 0.15) is 18.1 Å². The second-order valence-corrected chi connectivity index (χ2v) is 3.57. The lowest BCUT2D eigenvalue weighted by Gasteiger charge is -2.09. The zero-order chi connectivity index (χ0) is 9.84. The van der Waals surface area contributed by atoms with E-state index in [1.807, 2.05) is 25.1 Å². The van der Waals surface area contributed by atoms with Crippen molar-refractivity contribution in [1.29, 1.82) is 5.26 Å². The molecule has 0 bridgehead atoms. The lowest BCUT2D eigenvalue weighted by molar-refractivity contribution is 0.315. The molecule has 0 fully saturated rings. The zero-order valence-corrected chi connectivity index (χ0v) is 8.80. The molecule has 0 aromatic heterocycles. The van der Waals surface area contributed by atoms with Gasteiger partial charge in [-0.1, -0.05) is 19.1 Å². The highest BCUT2D eigenvalue weighted by atomic mass is 79.9. The van der Waals surface area contributed by atoms with E-state index >= 15 is 0 Å². The normalized spacial score (nSPS) is 10.1. The Balaban J connectivity index is 3.22. The molecule has 0 aliphatic rings. The molecule has 0 amide bonds. The van der Waals surface area contributed by atoms with Gasteiger partial charge in [-0.15, -0.1) is 0 Å². The summed E-state index contributed by atoms with van der Waals surface area (Å²) >= 11 is 3.29. The van der Waals surface area contributed by atoms with E-state index in [2.05, 4.69) is 22.0 Å². The first-order valence-corrected chi connectivity index (χ1v) is 4.62. The first-order chi connectivity index (χ1) is 6.20. The summed E-state index contributed by atoms with van der Waals surface area (Å²) in [6, 6.07) is 7.59. The number of benzene rings is 1. The van der Waals surface area contributed by atoms with Gasteiger partial charge in [0.1, 0.15) is 6.07 Å². The Morgan fingerprint density at radius 1 is 1.62 bits per heavy atom. The van der Waals surface area contributed by atoms with E-state index in [0.29, 0.717) is 5.56 Å². The van der Waals surface area contributed by atoms with Crippen molar-refractivity contribution < 1.29 is 5.11 Å². The Morgan fingerprint density at radius 2 is 2.31 bits per heavy atom. The van der Waals surface area contributed by atoms with E-state index in [1.54, 1.807) is 0 Å². The summed E-state index contributed by atoms with van der Waals surface area (Å²) < 4.78 is 0.764. The highest BCUT2D eigenvalue weighted by molar-refractivity contribution is 9.10. The molecule has 2 nitrogen and oxygen atoms in total. The SMILES string of the molecule is C[C](CO)c1cccc(Br)c1C#N. The molecule has 0 spiro atoms. The average Bonchev–Trinajstić information content (AvgIpc) is 2.16. The summed E-state index contributed by atoms with van der Waals surface area (Å²) in [5.74, 6) is 0.804. The fourth-order valence-corrected chi connectivity index (χ4v) is 1.53. The summed E-state index contributed by atoms with van der Waals surface area (Å²) in [6.45, 7) is 1.79. The lowest BCUT2D eigenvalue weighted by Crippen LogP contribution is -2.02. The van der Waals surface area contributed by atoms with E-state index < -0.39 is 0 Å². The Bertz CT molecular complexity index is 343. The van der Waals surface area contributed by atoms with Crippen LogP contribution in [0, 0.1) is 17.2 Å². The van der Waals surface area contributed by atoms with Gasteiger partial charge in [0, 0.05) is 10.4 Å². The molecule has 1 rings (SSSR count). The highest BCUT2D eigenvalue weighted by Gasteiger charge is 2.11. The van der Waals surface area contributed by atoms with Crippen LogP contribution in [0.3, 0.4) is 0 Å². The number of nitriles is 1. The van der Waals surface area contributed by atoms with Crippen LogP contribution in [0.4, 0.5) is 0 Å². The van der Waals surface area contributed by atoms with Crippen LogP contribution in [-0.2, 0) is 0 Å². The van der Waals surface area contributed by atoms with Gasteiger partial charge in [-0.25, -0.2) is 0 Å². The van der Waals surface area contributed by atoms with Gasteiger partial charge in [0.15, 0.2) is 0 Å². The van der Waals surface area contributed by atoms with E-state index in [9.17, 15) is 0 Å². The van der Waals surface area contributed by atoms with Crippen molar-refractivity contribution >= 4 is 15.9 Å². The van der Waals surface area contributed by atoms with Crippen molar-refractivity contribution in [2.45, 2.75) is 6.92 Å². The predicted molar refractivity (Wildman–Crippen MR) is 54.0 cm³/mol. The monoisotopic (exact) mass is 238 g/mol. The van der Waals surface area contributed by atoms with Crippen molar-refractivity contribution in [3.8, 4) is 6.07 Å². The zero-order valence-electron chi connectivity index (χ0n) is 7.21. The molecule has 67 valence electrons. The lowest BCUT2D eigenvalue weighted by atomic mass is 9.97. The summed E-state index contributed by atoms with van der Waals surface area (Å²) in [4.78, 5) is 0. The summed E-state index contributed by atoms with van der Waals surface area (Å²) in [6.07, 6.45) is 0. The Labute approximate surface area is 85.9 Å². The van der Waals surface area contributed by atoms with E-state index in [-0.39, 0.29) is 6.61 Å². The van der Waals surface area contributed by atoms with Crippen LogP contribution in [0.5, 0.6) is 0 Å². The summed E-state index contributed by atoms with van der Waals surface area (Å²) in [5.41, 5.74) is 1.38.